The fourth-order valence-corrected chi connectivity index (χ4v) is 5.62. The Bertz CT molecular complexity index is 1140. The van der Waals surface area contributed by atoms with Gasteiger partial charge in [-0.2, -0.15) is 4.98 Å². The first-order valence-electron chi connectivity index (χ1n) is 9.50. The number of amides is 1. The number of carbonyl (C=O) groups excluding carboxylic acids is 1. The molecule has 1 fully saturated rings. The Kier molecular flexibility index (Phi) is 6.85. The van der Waals surface area contributed by atoms with Gasteiger partial charge < -0.3 is 18.9 Å². The van der Waals surface area contributed by atoms with Gasteiger partial charge in [-0.05, 0) is 49.2 Å². The van der Waals surface area contributed by atoms with Gasteiger partial charge in [0.2, 0.25) is 25.9 Å². The minimum atomic E-state index is -3.97. The van der Waals surface area contributed by atoms with Crippen molar-refractivity contribution in [3.8, 4) is 11.7 Å². The van der Waals surface area contributed by atoms with Crippen molar-refractivity contribution in [3.63, 3.8) is 0 Å². The molecule has 2 aromatic heterocycles. The predicted octanol–water partition coefficient (Wildman–Crippen LogP) is 3.92. The van der Waals surface area contributed by atoms with Crippen molar-refractivity contribution in [2.75, 3.05) is 18.9 Å². The molecule has 1 saturated heterocycles. The molecular weight excluding hydrogens is 508 g/mol. The highest BCUT2D eigenvalue weighted by molar-refractivity contribution is 9.10. The van der Waals surface area contributed by atoms with E-state index in [0.29, 0.717) is 18.9 Å². The molecular formula is C20H19BrN2O6S2. The number of hydrogen-bond acceptors (Lipinski definition) is 8. The van der Waals surface area contributed by atoms with E-state index in [2.05, 4.69) is 26.2 Å². The summed E-state index contributed by atoms with van der Waals surface area (Å²) in [6, 6.07) is 9.47. The molecule has 1 atom stereocenters. The maximum Gasteiger partial charge on any atom is 0.265 e. The lowest BCUT2D eigenvalue weighted by atomic mass is 10.2. The van der Waals surface area contributed by atoms with Crippen molar-refractivity contribution in [1.82, 2.24) is 10.3 Å². The first-order chi connectivity index (χ1) is 14.9. The molecule has 0 aliphatic carbocycles. The summed E-state index contributed by atoms with van der Waals surface area (Å²) in [5, 5.41) is 2.58. The van der Waals surface area contributed by atoms with Crippen LogP contribution in [0.15, 0.2) is 71.0 Å². The van der Waals surface area contributed by atoms with Gasteiger partial charge in [0.15, 0.2) is 5.76 Å². The largest absolute Gasteiger partial charge is 0.459 e. The van der Waals surface area contributed by atoms with E-state index >= 15 is 0 Å². The Morgan fingerprint density at radius 3 is 2.74 bits per heavy atom. The van der Waals surface area contributed by atoms with Crippen molar-refractivity contribution < 1.29 is 26.8 Å². The van der Waals surface area contributed by atoms with Crippen LogP contribution in [-0.2, 0) is 19.4 Å². The summed E-state index contributed by atoms with van der Waals surface area (Å²) in [6.45, 7) is 1.14. The summed E-state index contributed by atoms with van der Waals surface area (Å²) in [7, 11) is -3.97. The Labute approximate surface area is 191 Å². The number of ether oxygens (including phenoxy) is 1. The maximum absolute atomic E-state index is 13.2. The molecule has 164 valence electrons. The fourth-order valence-electron chi connectivity index (χ4n) is 3.00. The molecule has 3 heterocycles. The lowest BCUT2D eigenvalue weighted by Gasteiger charge is -2.10. The first-order valence-corrected chi connectivity index (χ1v) is 12.8. The number of oxazole rings is 1. The number of rotatable bonds is 8. The number of benzene rings is 1. The van der Waals surface area contributed by atoms with Crippen molar-refractivity contribution >= 4 is 43.4 Å². The Balaban J connectivity index is 1.55. The Hall–Kier alpha value is -2.08. The lowest BCUT2D eigenvalue weighted by Crippen LogP contribution is -2.32. The third kappa shape index (κ3) is 5.22. The van der Waals surface area contributed by atoms with Gasteiger partial charge in [-0.15, -0.1) is 0 Å². The zero-order chi connectivity index (χ0) is 21.8. The van der Waals surface area contributed by atoms with Gasteiger partial charge in [0, 0.05) is 17.6 Å². The van der Waals surface area contributed by atoms with Crippen LogP contribution in [0, 0.1) is 0 Å². The smallest absolute Gasteiger partial charge is 0.265 e. The van der Waals surface area contributed by atoms with Crippen LogP contribution in [0.4, 0.5) is 0 Å². The highest BCUT2D eigenvalue weighted by Gasteiger charge is 2.30. The molecule has 0 saturated carbocycles. The van der Waals surface area contributed by atoms with Crippen molar-refractivity contribution in [1.29, 1.82) is 0 Å². The van der Waals surface area contributed by atoms with Crippen LogP contribution in [-0.4, -0.2) is 44.3 Å². The molecule has 8 nitrogen and oxygen atoms in total. The molecule has 0 spiro atoms. The highest BCUT2D eigenvalue weighted by Crippen LogP contribution is 2.35. The predicted molar refractivity (Wildman–Crippen MR) is 117 cm³/mol. The van der Waals surface area contributed by atoms with Crippen molar-refractivity contribution in [2.45, 2.75) is 34.0 Å². The molecule has 3 aromatic rings. The average molecular weight is 527 g/mol. The number of sulfone groups is 1. The standard InChI is InChI=1S/C20H19BrN2O6S2/c21-13-5-7-15(8-6-13)31(25,26)19-20(29-18(23-19)16-4-2-10-28-16)30-12-17(24)22-11-14-3-1-9-27-14/h2,4-8,10,14H,1,3,9,11-12H2,(H,22,24)/t14-/m0/s1. The number of nitrogens with one attached hydrogen (secondary N) is 1. The second-order valence-corrected chi connectivity index (χ2v) is 10.5. The van der Waals surface area contributed by atoms with Crippen LogP contribution in [0.25, 0.3) is 11.7 Å². The van der Waals surface area contributed by atoms with E-state index in [1.165, 1.54) is 18.4 Å². The van der Waals surface area contributed by atoms with E-state index in [4.69, 9.17) is 13.6 Å². The zero-order valence-electron chi connectivity index (χ0n) is 16.2. The SMILES string of the molecule is O=C(CSc1oc(-c2ccco2)nc1S(=O)(=O)c1ccc(Br)cc1)NC[C@@H]1CCCO1. The molecule has 0 radical (unpaired) electrons. The van der Waals surface area contributed by atoms with Gasteiger partial charge in [0.25, 0.3) is 5.89 Å². The van der Waals surface area contributed by atoms with Gasteiger partial charge in [-0.3, -0.25) is 4.79 Å². The second-order valence-electron chi connectivity index (χ2n) is 6.77. The minimum absolute atomic E-state index is 0.0254. The van der Waals surface area contributed by atoms with Crippen LogP contribution in [0.2, 0.25) is 0 Å². The molecule has 0 unspecified atom stereocenters. The number of carbonyl (C=O) groups is 1. The second kappa shape index (κ2) is 9.60. The highest BCUT2D eigenvalue weighted by atomic mass is 79.9. The maximum atomic E-state index is 13.2. The van der Waals surface area contributed by atoms with Crippen molar-refractivity contribution in [2.24, 2.45) is 0 Å². The molecule has 1 aliphatic rings. The molecule has 1 N–H and O–H groups in total. The summed E-state index contributed by atoms with van der Waals surface area (Å²) >= 11 is 4.26. The first kappa shape index (κ1) is 22.1. The zero-order valence-corrected chi connectivity index (χ0v) is 19.5. The lowest BCUT2D eigenvalue weighted by molar-refractivity contribution is -0.119. The van der Waals surface area contributed by atoms with Gasteiger partial charge in [-0.25, -0.2) is 8.42 Å². The Morgan fingerprint density at radius 1 is 1.26 bits per heavy atom. The number of furan rings is 1. The average Bonchev–Trinajstić information content (AvgIpc) is 3.52. The summed E-state index contributed by atoms with van der Waals surface area (Å²) < 4.78 is 43.6. The van der Waals surface area contributed by atoms with E-state index in [1.54, 1.807) is 24.3 Å². The van der Waals surface area contributed by atoms with E-state index in [9.17, 15) is 13.2 Å². The van der Waals surface area contributed by atoms with Gasteiger partial charge in [-0.1, -0.05) is 27.7 Å². The fraction of sp³-hybridized carbons (Fsp3) is 0.300. The number of aromatic nitrogens is 1. The van der Waals surface area contributed by atoms with E-state index < -0.39 is 9.84 Å². The summed E-state index contributed by atoms with van der Waals surface area (Å²) in [5.74, 6) is 0.0517. The van der Waals surface area contributed by atoms with Gasteiger partial charge in [0.1, 0.15) is 0 Å². The molecule has 4 rings (SSSR count). The molecule has 31 heavy (non-hydrogen) atoms. The summed E-state index contributed by atoms with van der Waals surface area (Å²) in [4.78, 5) is 16.5. The van der Waals surface area contributed by atoms with E-state index in [-0.39, 0.29) is 38.7 Å². The topological polar surface area (TPSA) is 112 Å². The number of nitrogens with zero attached hydrogens (tertiary/aromatic N) is 1. The molecule has 0 bridgehead atoms. The van der Waals surface area contributed by atoms with Crippen LogP contribution in [0.3, 0.4) is 0 Å². The van der Waals surface area contributed by atoms with Crippen LogP contribution < -0.4 is 5.32 Å². The van der Waals surface area contributed by atoms with E-state index in [0.717, 1.165) is 29.1 Å². The van der Waals surface area contributed by atoms with Gasteiger partial charge >= 0.3 is 0 Å². The third-order valence-electron chi connectivity index (χ3n) is 4.56. The van der Waals surface area contributed by atoms with Crippen LogP contribution in [0.5, 0.6) is 0 Å². The number of hydrogen-bond donors (Lipinski definition) is 1. The number of halogens is 1. The Morgan fingerprint density at radius 2 is 2.06 bits per heavy atom. The van der Waals surface area contributed by atoms with Crippen LogP contribution >= 0.6 is 27.7 Å². The van der Waals surface area contributed by atoms with Crippen molar-refractivity contribution in [3.05, 3.63) is 47.1 Å². The molecule has 1 amide bonds. The van der Waals surface area contributed by atoms with E-state index in [1.807, 2.05) is 0 Å². The summed E-state index contributed by atoms with van der Waals surface area (Å²) in [6.07, 6.45) is 3.36. The quantitative estimate of drug-likeness (QED) is 0.439. The molecule has 11 heteroatoms. The normalized spacial score (nSPS) is 16.5. The van der Waals surface area contributed by atoms with Crippen LogP contribution in [0.1, 0.15) is 12.8 Å². The summed E-state index contributed by atoms with van der Waals surface area (Å²) in [5.41, 5.74) is 0. The third-order valence-corrected chi connectivity index (χ3v) is 7.84. The number of thioether (sulfide) groups is 1. The van der Waals surface area contributed by atoms with Gasteiger partial charge in [0.05, 0.1) is 23.0 Å². The minimum Gasteiger partial charge on any atom is -0.459 e. The molecule has 1 aliphatic heterocycles. The monoisotopic (exact) mass is 526 g/mol. The molecule has 1 aromatic carbocycles.